The minimum Gasteiger partial charge on any atom is -0.327 e. The van der Waals surface area contributed by atoms with Crippen LogP contribution in [0.4, 0.5) is 8.78 Å². The predicted octanol–water partition coefficient (Wildman–Crippen LogP) is 0.778. The van der Waals surface area contributed by atoms with Crippen LogP contribution in [0.2, 0.25) is 0 Å². The molecule has 2 aromatic heterocycles. The molecule has 1 N–H and O–H groups in total. The number of alkyl halides is 2. The Labute approximate surface area is 100 Å². The molecule has 18 heavy (non-hydrogen) atoms. The number of nitrogens with zero attached hydrogens (tertiary/aromatic N) is 6. The standard InChI is InChI=1S/C9H10F2N6O/c1-15-6-3-16(18)2-5(6)13-8(15)7-12-4-17(14-7)9(10)11/h4,9,18H,2-3H2,1H3. The van der Waals surface area contributed by atoms with Crippen molar-refractivity contribution in [1.29, 1.82) is 0 Å². The van der Waals surface area contributed by atoms with Crippen LogP contribution in [-0.4, -0.2) is 34.6 Å². The quantitative estimate of drug-likeness (QED) is 0.859. The first-order valence-corrected chi connectivity index (χ1v) is 5.24. The second kappa shape index (κ2) is 3.82. The minimum atomic E-state index is -2.72. The van der Waals surface area contributed by atoms with Gasteiger partial charge < -0.3 is 9.77 Å². The zero-order valence-corrected chi connectivity index (χ0v) is 9.46. The third-order valence-corrected chi connectivity index (χ3v) is 2.87. The van der Waals surface area contributed by atoms with E-state index in [2.05, 4.69) is 15.1 Å². The highest BCUT2D eigenvalue weighted by atomic mass is 19.3. The van der Waals surface area contributed by atoms with Gasteiger partial charge in [0, 0.05) is 7.05 Å². The zero-order chi connectivity index (χ0) is 12.9. The van der Waals surface area contributed by atoms with Crippen molar-refractivity contribution in [3.63, 3.8) is 0 Å². The lowest BCUT2D eigenvalue weighted by atomic mass is 10.4. The maximum Gasteiger partial charge on any atom is 0.334 e. The van der Waals surface area contributed by atoms with Crippen molar-refractivity contribution in [2.75, 3.05) is 0 Å². The van der Waals surface area contributed by atoms with Crippen LogP contribution in [0.1, 0.15) is 17.9 Å². The monoisotopic (exact) mass is 256 g/mol. The highest BCUT2D eigenvalue weighted by molar-refractivity contribution is 5.46. The Morgan fingerprint density at radius 3 is 2.78 bits per heavy atom. The average Bonchev–Trinajstić information content (AvgIpc) is 2.95. The topological polar surface area (TPSA) is 72.0 Å². The van der Waals surface area contributed by atoms with Crippen molar-refractivity contribution in [1.82, 2.24) is 29.4 Å². The summed E-state index contributed by atoms with van der Waals surface area (Å²) < 4.78 is 27.0. The fourth-order valence-corrected chi connectivity index (χ4v) is 1.99. The Balaban J connectivity index is 2.00. The van der Waals surface area contributed by atoms with Crippen LogP contribution in [-0.2, 0) is 20.1 Å². The summed E-state index contributed by atoms with van der Waals surface area (Å²) in [6.07, 6.45) is 0.970. The molecular weight excluding hydrogens is 246 g/mol. The van der Waals surface area contributed by atoms with Gasteiger partial charge in [-0.25, -0.2) is 9.97 Å². The van der Waals surface area contributed by atoms with Crippen LogP contribution in [0.5, 0.6) is 0 Å². The summed E-state index contributed by atoms with van der Waals surface area (Å²) in [4.78, 5) is 8.07. The van der Waals surface area contributed by atoms with Gasteiger partial charge >= 0.3 is 6.55 Å². The average molecular weight is 256 g/mol. The van der Waals surface area contributed by atoms with Gasteiger partial charge in [-0.1, -0.05) is 0 Å². The predicted molar refractivity (Wildman–Crippen MR) is 54.5 cm³/mol. The molecule has 0 bridgehead atoms. The van der Waals surface area contributed by atoms with Gasteiger partial charge in [-0.2, -0.15) is 18.5 Å². The molecule has 0 atom stereocenters. The first kappa shape index (κ1) is 11.2. The van der Waals surface area contributed by atoms with Gasteiger partial charge in [-0.05, 0) is 0 Å². The molecule has 0 aliphatic carbocycles. The molecule has 1 aliphatic rings. The maximum atomic E-state index is 12.4. The van der Waals surface area contributed by atoms with Gasteiger partial charge in [0.1, 0.15) is 6.33 Å². The van der Waals surface area contributed by atoms with E-state index in [1.165, 1.54) is 0 Å². The lowest BCUT2D eigenvalue weighted by Crippen LogP contribution is -2.12. The molecule has 1 aliphatic heterocycles. The van der Waals surface area contributed by atoms with E-state index in [1.807, 2.05) is 0 Å². The Morgan fingerprint density at radius 1 is 1.39 bits per heavy atom. The Bertz CT molecular complexity index is 592. The van der Waals surface area contributed by atoms with E-state index < -0.39 is 6.55 Å². The molecule has 2 aromatic rings. The van der Waals surface area contributed by atoms with Gasteiger partial charge in [0.15, 0.2) is 5.82 Å². The molecule has 9 heteroatoms. The molecular formula is C9H10F2N6O. The fourth-order valence-electron chi connectivity index (χ4n) is 1.99. The van der Waals surface area contributed by atoms with E-state index in [4.69, 9.17) is 0 Å². The highest BCUT2D eigenvalue weighted by Gasteiger charge is 2.26. The number of halogens is 2. The number of aromatic nitrogens is 5. The van der Waals surface area contributed by atoms with Crippen LogP contribution >= 0.6 is 0 Å². The van der Waals surface area contributed by atoms with E-state index in [0.29, 0.717) is 29.3 Å². The third-order valence-electron chi connectivity index (χ3n) is 2.87. The van der Waals surface area contributed by atoms with Crippen LogP contribution in [0.15, 0.2) is 6.33 Å². The van der Waals surface area contributed by atoms with E-state index in [-0.39, 0.29) is 5.82 Å². The van der Waals surface area contributed by atoms with Crippen LogP contribution in [0.3, 0.4) is 0 Å². The summed E-state index contributed by atoms with van der Waals surface area (Å²) in [7, 11) is 1.74. The Hall–Kier alpha value is -1.87. The SMILES string of the molecule is Cn1c(-c2ncn(C(F)F)n2)nc2c1CN(O)C2. The number of rotatable bonds is 2. The molecule has 0 radical (unpaired) electrons. The molecule has 7 nitrogen and oxygen atoms in total. The molecule has 96 valence electrons. The molecule has 3 rings (SSSR count). The van der Waals surface area contributed by atoms with Crippen LogP contribution < -0.4 is 0 Å². The number of hydroxylamine groups is 2. The lowest BCUT2D eigenvalue weighted by Gasteiger charge is -2.05. The van der Waals surface area contributed by atoms with Gasteiger partial charge in [-0.3, -0.25) is 0 Å². The normalized spacial score (nSPS) is 15.6. The second-order valence-corrected chi connectivity index (χ2v) is 4.04. The lowest BCUT2D eigenvalue weighted by molar-refractivity contribution is -0.0984. The molecule has 0 spiro atoms. The summed E-state index contributed by atoms with van der Waals surface area (Å²) in [5.41, 5.74) is 1.55. The summed E-state index contributed by atoms with van der Waals surface area (Å²) in [6, 6.07) is 0. The minimum absolute atomic E-state index is 0.150. The largest absolute Gasteiger partial charge is 0.334 e. The zero-order valence-electron chi connectivity index (χ0n) is 9.46. The van der Waals surface area contributed by atoms with E-state index in [9.17, 15) is 14.0 Å². The van der Waals surface area contributed by atoms with Crippen molar-refractivity contribution >= 4 is 0 Å². The van der Waals surface area contributed by atoms with Crippen molar-refractivity contribution in [2.24, 2.45) is 7.05 Å². The van der Waals surface area contributed by atoms with Crippen LogP contribution in [0.25, 0.3) is 11.6 Å². The van der Waals surface area contributed by atoms with Gasteiger partial charge in [-0.15, -0.1) is 5.10 Å². The first-order valence-electron chi connectivity index (χ1n) is 5.24. The van der Waals surface area contributed by atoms with Crippen LogP contribution in [0, 0.1) is 0 Å². The van der Waals surface area contributed by atoms with E-state index >= 15 is 0 Å². The number of hydrogen-bond acceptors (Lipinski definition) is 5. The molecule has 3 heterocycles. The second-order valence-electron chi connectivity index (χ2n) is 4.04. The smallest absolute Gasteiger partial charge is 0.327 e. The first-order chi connectivity index (χ1) is 8.56. The van der Waals surface area contributed by atoms with Gasteiger partial charge in [0.2, 0.25) is 5.82 Å². The highest BCUT2D eigenvalue weighted by Crippen LogP contribution is 2.25. The Kier molecular flexibility index (Phi) is 2.38. The molecule has 0 amide bonds. The number of fused-ring (bicyclic) bond motifs is 1. The summed E-state index contributed by atoms with van der Waals surface area (Å²) in [5, 5.41) is 14.1. The fraction of sp³-hybridized carbons (Fsp3) is 0.444. The maximum absolute atomic E-state index is 12.4. The molecule has 0 fully saturated rings. The molecule has 0 unspecified atom stereocenters. The third kappa shape index (κ3) is 1.59. The van der Waals surface area contributed by atoms with Crippen molar-refractivity contribution in [3.8, 4) is 11.6 Å². The Morgan fingerprint density at radius 2 is 2.17 bits per heavy atom. The van der Waals surface area contributed by atoms with Crippen molar-refractivity contribution in [3.05, 3.63) is 17.7 Å². The van der Waals surface area contributed by atoms with Gasteiger partial charge in [0.05, 0.1) is 24.5 Å². The number of imidazole rings is 1. The van der Waals surface area contributed by atoms with Crippen molar-refractivity contribution in [2.45, 2.75) is 19.6 Å². The van der Waals surface area contributed by atoms with Crippen molar-refractivity contribution < 1.29 is 14.0 Å². The van der Waals surface area contributed by atoms with E-state index in [1.54, 1.807) is 11.6 Å². The summed E-state index contributed by atoms with van der Waals surface area (Å²) in [6.45, 7) is -2.04. The molecule has 0 saturated carbocycles. The van der Waals surface area contributed by atoms with E-state index in [0.717, 1.165) is 17.1 Å². The number of hydrogen-bond donors (Lipinski definition) is 1. The summed E-state index contributed by atoms with van der Waals surface area (Å²) in [5.74, 6) is 0.573. The molecule has 0 saturated heterocycles. The molecule has 0 aromatic carbocycles. The summed E-state index contributed by atoms with van der Waals surface area (Å²) >= 11 is 0. The van der Waals surface area contributed by atoms with Gasteiger partial charge in [0.25, 0.3) is 0 Å².